The lowest BCUT2D eigenvalue weighted by Gasteiger charge is -2.28. The van der Waals surface area contributed by atoms with E-state index in [0.717, 1.165) is 0 Å². The van der Waals surface area contributed by atoms with Crippen molar-refractivity contribution < 1.29 is 32.8 Å². The Morgan fingerprint density at radius 3 is 2.49 bits per heavy atom. The number of para-hydroxylation sites is 1. The first kappa shape index (κ1) is 25.0. The normalized spacial score (nSPS) is 14.7. The lowest BCUT2D eigenvalue weighted by atomic mass is 9.83. The molecule has 0 N–H and O–H groups in total. The largest absolute Gasteiger partial charge is 0.493 e. The van der Waals surface area contributed by atoms with E-state index in [1.807, 2.05) is 30.3 Å². The smallest absolute Gasteiger partial charge is 0.344 e. The van der Waals surface area contributed by atoms with Crippen LogP contribution in [0.25, 0.3) is 28.0 Å². The molecule has 3 aromatic carbocycles. The summed E-state index contributed by atoms with van der Waals surface area (Å²) >= 11 is 0. The molecule has 2 aliphatic heterocycles. The van der Waals surface area contributed by atoms with Gasteiger partial charge in [0.25, 0.3) is 0 Å². The number of hydrogen-bond donors (Lipinski definition) is 0. The number of ether oxygens (including phenoxy) is 6. The summed E-state index contributed by atoms with van der Waals surface area (Å²) in [6, 6.07) is 16.3. The van der Waals surface area contributed by atoms with Gasteiger partial charge in [0, 0.05) is 5.56 Å². The summed E-state index contributed by atoms with van der Waals surface area (Å²) in [5, 5.41) is 5.32. The Morgan fingerprint density at radius 2 is 1.70 bits per heavy atom. The van der Waals surface area contributed by atoms with Gasteiger partial charge in [-0.2, -0.15) is 0 Å². The topological polar surface area (TPSA) is 129 Å². The summed E-state index contributed by atoms with van der Waals surface area (Å²) in [6.45, 7) is 0.152. The van der Waals surface area contributed by atoms with Crippen molar-refractivity contribution in [1.29, 1.82) is 0 Å². The average molecular weight is 579 g/mol. The molecule has 0 fully saturated rings. The van der Waals surface area contributed by atoms with E-state index >= 15 is 0 Å². The van der Waals surface area contributed by atoms with E-state index in [0.29, 0.717) is 73.6 Å². The SMILES string of the molecule is COc1cc(C2c3c(c4ccccc4oc3=O)Oc3ncn4nc(-c5ccc6c(c5)OCO6)nc4c32)cc(OC)c1OC. The minimum absolute atomic E-state index is 0.152. The van der Waals surface area contributed by atoms with Gasteiger partial charge in [-0.05, 0) is 48.0 Å². The summed E-state index contributed by atoms with van der Waals surface area (Å²) < 4.78 is 41.6. The Kier molecular flexibility index (Phi) is 5.45. The minimum atomic E-state index is -0.752. The van der Waals surface area contributed by atoms with Crippen LogP contribution in [0.3, 0.4) is 0 Å². The molecule has 6 aromatic rings. The van der Waals surface area contributed by atoms with E-state index in [9.17, 15) is 4.79 Å². The standard InChI is InChI=1S/C31H22N4O8/c1-37-21-11-16(12-22(38-2)27(21)39-3)23-24-26(17-6-4-5-7-18(17)42-31(24)36)43-30-25(23)29-33-28(34-35(29)13-32-30)15-8-9-19-20(10-15)41-14-40-19/h4-13,23H,14H2,1-3H3. The van der Waals surface area contributed by atoms with Crippen LogP contribution in [0.15, 0.2) is 70.1 Å². The molecule has 5 heterocycles. The summed E-state index contributed by atoms with van der Waals surface area (Å²) in [6.07, 6.45) is 1.53. The molecule has 0 spiro atoms. The zero-order valence-electron chi connectivity index (χ0n) is 23.1. The molecule has 0 saturated heterocycles. The molecule has 0 amide bonds. The molecule has 12 heteroatoms. The number of aromatic nitrogens is 4. The highest BCUT2D eigenvalue weighted by atomic mass is 16.7. The zero-order chi connectivity index (χ0) is 29.2. The number of methoxy groups -OCH3 is 3. The molecule has 2 aliphatic rings. The third kappa shape index (κ3) is 3.69. The van der Waals surface area contributed by atoms with Crippen LogP contribution >= 0.6 is 0 Å². The van der Waals surface area contributed by atoms with Crippen LogP contribution in [0.5, 0.6) is 40.4 Å². The van der Waals surface area contributed by atoms with Crippen molar-refractivity contribution in [2.24, 2.45) is 0 Å². The quantitative estimate of drug-likeness (QED) is 0.258. The second kappa shape index (κ2) is 9.38. The first-order valence-electron chi connectivity index (χ1n) is 13.3. The van der Waals surface area contributed by atoms with Crippen LogP contribution in [0.2, 0.25) is 0 Å². The molecular weight excluding hydrogens is 556 g/mol. The first-order valence-corrected chi connectivity index (χ1v) is 13.3. The van der Waals surface area contributed by atoms with Gasteiger partial charge in [0.15, 0.2) is 40.2 Å². The fraction of sp³-hybridized carbons (Fsp3) is 0.161. The van der Waals surface area contributed by atoms with Crippen molar-refractivity contribution in [3.05, 3.63) is 88.0 Å². The van der Waals surface area contributed by atoms with Crippen molar-refractivity contribution in [3.8, 4) is 51.8 Å². The van der Waals surface area contributed by atoms with Crippen LogP contribution in [-0.2, 0) is 0 Å². The Labute approximate surface area is 242 Å². The first-order chi connectivity index (χ1) is 21.1. The van der Waals surface area contributed by atoms with Crippen molar-refractivity contribution in [2.75, 3.05) is 28.1 Å². The number of rotatable bonds is 5. The van der Waals surface area contributed by atoms with Crippen LogP contribution in [0.1, 0.15) is 22.6 Å². The molecule has 43 heavy (non-hydrogen) atoms. The predicted octanol–water partition coefficient (Wildman–Crippen LogP) is 4.94. The molecule has 0 radical (unpaired) electrons. The lowest BCUT2D eigenvalue weighted by molar-refractivity contribution is 0.174. The Morgan fingerprint density at radius 1 is 0.907 bits per heavy atom. The van der Waals surface area contributed by atoms with Crippen molar-refractivity contribution in [1.82, 2.24) is 19.6 Å². The van der Waals surface area contributed by atoms with Gasteiger partial charge in [-0.1, -0.05) is 12.1 Å². The summed E-state index contributed by atoms with van der Waals surface area (Å²) in [5.41, 5.74) is 2.44. The molecule has 3 aromatic heterocycles. The number of nitrogens with zero attached hydrogens (tertiary/aromatic N) is 4. The summed E-state index contributed by atoms with van der Waals surface area (Å²) in [7, 11) is 4.59. The fourth-order valence-electron chi connectivity index (χ4n) is 5.69. The van der Waals surface area contributed by atoms with Crippen LogP contribution < -0.4 is 34.0 Å². The zero-order valence-corrected chi connectivity index (χ0v) is 23.1. The van der Waals surface area contributed by atoms with Gasteiger partial charge in [-0.15, -0.1) is 5.10 Å². The highest BCUT2D eigenvalue weighted by Crippen LogP contribution is 2.51. The second-order valence-electron chi connectivity index (χ2n) is 9.86. The maximum atomic E-state index is 13.8. The van der Waals surface area contributed by atoms with E-state index in [4.69, 9.17) is 37.8 Å². The van der Waals surface area contributed by atoms with Gasteiger partial charge in [-0.3, -0.25) is 0 Å². The fourth-order valence-corrected chi connectivity index (χ4v) is 5.69. The Hall–Kier alpha value is -5.78. The van der Waals surface area contributed by atoms with Gasteiger partial charge in [0.1, 0.15) is 11.9 Å². The van der Waals surface area contributed by atoms with Crippen LogP contribution in [0.4, 0.5) is 0 Å². The van der Waals surface area contributed by atoms with E-state index in [2.05, 4.69) is 10.1 Å². The van der Waals surface area contributed by atoms with E-state index in [1.54, 1.807) is 28.8 Å². The van der Waals surface area contributed by atoms with Crippen molar-refractivity contribution >= 4 is 16.6 Å². The molecule has 0 saturated carbocycles. The molecule has 1 unspecified atom stereocenters. The molecule has 12 nitrogen and oxygen atoms in total. The predicted molar refractivity (Wildman–Crippen MR) is 152 cm³/mol. The van der Waals surface area contributed by atoms with E-state index < -0.39 is 11.5 Å². The molecule has 8 rings (SSSR count). The highest BCUT2D eigenvalue weighted by Gasteiger charge is 2.38. The number of hydrogen-bond acceptors (Lipinski definition) is 11. The van der Waals surface area contributed by atoms with Gasteiger partial charge < -0.3 is 32.8 Å². The van der Waals surface area contributed by atoms with Gasteiger partial charge in [-0.25, -0.2) is 19.3 Å². The maximum Gasteiger partial charge on any atom is 0.344 e. The van der Waals surface area contributed by atoms with Gasteiger partial charge in [0.05, 0.1) is 43.8 Å². The van der Waals surface area contributed by atoms with Gasteiger partial charge in [0.2, 0.25) is 18.4 Å². The molecule has 0 aliphatic carbocycles. The highest BCUT2D eigenvalue weighted by molar-refractivity contribution is 5.87. The van der Waals surface area contributed by atoms with E-state index in [1.165, 1.54) is 27.7 Å². The summed E-state index contributed by atoms with van der Waals surface area (Å²) in [4.78, 5) is 23.3. The second-order valence-corrected chi connectivity index (χ2v) is 9.86. The number of fused-ring (bicyclic) bond motifs is 7. The monoisotopic (exact) mass is 578 g/mol. The third-order valence-electron chi connectivity index (χ3n) is 7.61. The molecule has 0 bridgehead atoms. The van der Waals surface area contributed by atoms with Crippen molar-refractivity contribution in [3.63, 3.8) is 0 Å². The molecule has 1 atom stereocenters. The summed E-state index contributed by atoms with van der Waals surface area (Å²) in [5.74, 6) is 2.80. The lowest BCUT2D eigenvalue weighted by Crippen LogP contribution is -2.22. The number of benzene rings is 3. The van der Waals surface area contributed by atoms with Crippen LogP contribution in [-0.4, -0.2) is 47.7 Å². The minimum Gasteiger partial charge on any atom is -0.493 e. The van der Waals surface area contributed by atoms with E-state index in [-0.39, 0.29) is 18.2 Å². The van der Waals surface area contributed by atoms with Gasteiger partial charge >= 0.3 is 5.63 Å². The Bertz CT molecular complexity index is 2130. The van der Waals surface area contributed by atoms with Crippen LogP contribution in [0, 0.1) is 0 Å². The van der Waals surface area contributed by atoms with Crippen molar-refractivity contribution in [2.45, 2.75) is 5.92 Å². The molecular formula is C31H22N4O8. The maximum absolute atomic E-state index is 13.8. The Balaban J connectivity index is 1.42. The third-order valence-corrected chi connectivity index (χ3v) is 7.61. The average Bonchev–Trinajstić information content (AvgIpc) is 3.70. The molecule has 214 valence electrons.